The van der Waals surface area contributed by atoms with Crippen LogP contribution in [0.1, 0.15) is 42.1 Å². The van der Waals surface area contributed by atoms with Crippen molar-refractivity contribution in [2.45, 2.75) is 33.4 Å². The third kappa shape index (κ3) is 5.93. The third-order valence-corrected chi connectivity index (χ3v) is 8.41. The Morgan fingerprint density at radius 2 is 1.90 bits per heavy atom. The fraction of sp³-hybridized carbons (Fsp3) is 0.194. The predicted octanol–water partition coefficient (Wildman–Crippen LogP) is 6.24. The van der Waals surface area contributed by atoms with Crippen molar-refractivity contribution in [1.82, 2.24) is 4.57 Å². The summed E-state index contributed by atoms with van der Waals surface area (Å²) in [6, 6.07) is 16.8. The number of benzene rings is 3. The van der Waals surface area contributed by atoms with E-state index in [0.29, 0.717) is 47.0 Å². The minimum absolute atomic E-state index is 0.00407. The van der Waals surface area contributed by atoms with Gasteiger partial charge in [-0.25, -0.2) is 14.2 Å². The van der Waals surface area contributed by atoms with E-state index in [2.05, 4.69) is 20.9 Å². The number of carbonyl (C=O) groups is 1. The van der Waals surface area contributed by atoms with E-state index in [1.54, 1.807) is 54.8 Å². The number of aryl methyl sites for hydroxylation is 1. The Kier molecular flexibility index (Phi) is 8.58. The highest BCUT2D eigenvalue weighted by Gasteiger charge is 2.33. The summed E-state index contributed by atoms with van der Waals surface area (Å²) in [5, 5.41) is 0.299. The average molecular weight is 656 g/mol. The zero-order valence-corrected chi connectivity index (χ0v) is 25.6. The van der Waals surface area contributed by atoms with Crippen LogP contribution in [-0.2, 0) is 16.1 Å². The van der Waals surface area contributed by atoms with Gasteiger partial charge >= 0.3 is 5.97 Å². The van der Waals surface area contributed by atoms with Crippen molar-refractivity contribution in [1.29, 1.82) is 0 Å². The molecule has 0 radical (unpaired) electrons. The lowest BCUT2D eigenvalue weighted by atomic mass is 9.95. The fourth-order valence-corrected chi connectivity index (χ4v) is 6.61. The van der Waals surface area contributed by atoms with E-state index in [9.17, 15) is 14.0 Å². The maximum atomic E-state index is 14.0. The van der Waals surface area contributed by atoms with E-state index >= 15 is 0 Å². The standard InChI is InChI=1S/C31H25BrClFN2O4S/c1-4-39-30(38)26-18(3)35-31-36(27(26)20-11-9-17(2)10-12-20)29(37)25(41-31)15-19-13-22(32)28(23(33)14-19)40-16-21-7-5-6-8-24(21)34/h5-15,27H,4,16H2,1-3H3/b25-15+/t27-/m1/s1. The number of esters is 1. The van der Waals surface area contributed by atoms with Crippen molar-refractivity contribution < 1.29 is 18.7 Å². The Hall–Kier alpha value is -3.53. The van der Waals surface area contributed by atoms with Crippen LogP contribution in [0.25, 0.3) is 6.08 Å². The second kappa shape index (κ2) is 12.1. The average Bonchev–Trinajstić information content (AvgIpc) is 3.23. The van der Waals surface area contributed by atoms with Crippen molar-refractivity contribution in [3.05, 3.63) is 129 Å². The van der Waals surface area contributed by atoms with Crippen molar-refractivity contribution in [3.8, 4) is 5.75 Å². The van der Waals surface area contributed by atoms with Gasteiger partial charge in [-0.1, -0.05) is 71.0 Å². The number of rotatable bonds is 7. The first kappa shape index (κ1) is 29.0. The summed E-state index contributed by atoms with van der Waals surface area (Å²) in [7, 11) is 0. The SMILES string of the molecule is CCOC(=O)C1=C(C)N=c2s/c(=C/c3cc(Cl)c(OCc4ccccc4F)c(Br)c3)c(=O)n2[C@@H]1c1ccc(C)cc1. The van der Waals surface area contributed by atoms with Gasteiger partial charge in [-0.2, -0.15) is 0 Å². The van der Waals surface area contributed by atoms with Crippen LogP contribution in [-0.4, -0.2) is 17.1 Å². The summed E-state index contributed by atoms with van der Waals surface area (Å²) in [6.07, 6.45) is 1.72. The van der Waals surface area contributed by atoms with Gasteiger partial charge < -0.3 is 9.47 Å². The van der Waals surface area contributed by atoms with E-state index in [-0.39, 0.29) is 24.6 Å². The lowest BCUT2D eigenvalue weighted by molar-refractivity contribution is -0.139. The molecule has 1 atom stereocenters. The number of hydrogen-bond acceptors (Lipinski definition) is 6. The molecular formula is C31H25BrClFN2O4S. The number of carbonyl (C=O) groups excluding carboxylic acids is 1. The highest BCUT2D eigenvalue weighted by atomic mass is 79.9. The number of nitrogens with zero attached hydrogens (tertiary/aromatic N) is 2. The van der Waals surface area contributed by atoms with Crippen molar-refractivity contribution in [2.24, 2.45) is 4.99 Å². The maximum Gasteiger partial charge on any atom is 0.338 e. The molecule has 3 aromatic carbocycles. The van der Waals surface area contributed by atoms with E-state index in [0.717, 1.165) is 11.1 Å². The number of ether oxygens (including phenoxy) is 2. The summed E-state index contributed by atoms with van der Waals surface area (Å²) in [6.45, 7) is 5.67. The van der Waals surface area contributed by atoms with Gasteiger partial charge in [0.2, 0.25) is 0 Å². The molecular weight excluding hydrogens is 631 g/mol. The van der Waals surface area contributed by atoms with E-state index in [4.69, 9.17) is 21.1 Å². The molecule has 2 heterocycles. The first-order chi connectivity index (χ1) is 19.7. The largest absolute Gasteiger partial charge is 0.486 e. The van der Waals surface area contributed by atoms with Crippen molar-refractivity contribution >= 4 is 50.9 Å². The zero-order chi connectivity index (χ0) is 29.3. The first-order valence-corrected chi connectivity index (χ1v) is 14.8. The Morgan fingerprint density at radius 1 is 1.17 bits per heavy atom. The summed E-state index contributed by atoms with van der Waals surface area (Å²) in [5.41, 5.74) is 3.44. The molecule has 1 aliphatic rings. The predicted molar refractivity (Wildman–Crippen MR) is 161 cm³/mol. The molecule has 0 bridgehead atoms. The molecule has 4 aromatic rings. The molecule has 1 aromatic heterocycles. The molecule has 210 valence electrons. The highest BCUT2D eigenvalue weighted by Crippen LogP contribution is 2.36. The van der Waals surface area contributed by atoms with Crippen LogP contribution in [0.4, 0.5) is 4.39 Å². The van der Waals surface area contributed by atoms with Gasteiger partial charge in [-0.15, -0.1) is 0 Å². The van der Waals surface area contributed by atoms with Crippen LogP contribution in [0.15, 0.2) is 86.2 Å². The van der Waals surface area contributed by atoms with Crippen LogP contribution in [0, 0.1) is 12.7 Å². The van der Waals surface area contributed by atoms with E-state index in [1.165, 1.54) is 17.4 Å². The molecule has 0 saturated heterocycles. The second-order valence-electron chi connectivity index (χ2n) is 9.41. The molecule has 10 heteroatoms. The normalized spacial score (nSPS) is 15.0. The lowest BCUT2D eigenvalue weighted by Gasteiger charge is -2.24. The monoisotopic (exact) mass is 654 g/mol. The summed E-state index contributed by atoms with van der Waals surface area (Å²) < 4.78 is 27.7. The molecule has 0 N–H and O–H groups in total. The quantitative estimate of drug-likeness (QED) is 0.221. The number of hydrogen-bond donors (Lipinski definition) is 0. The summed E-state index contributed by atoms with van der Waals surface area (Å²) in [4.78, 5) is 32.0. The molecule has 0 spiro atoms. The number of fused-ring (bicyclic) bond motifs is 1. The summed E-state index contributed by atoms with van der Waals surface area (Å²) in [5.74, 6) is -0.505. The Labute approximate surface area is 253 Å². The van der Waals surface area contributed by atoms with Gasteiger partial charge in [0.1, 0.15) is 12.4 Å². The van der Waals surface area contributed by atoms with Gasteiger partial charge in [0.05, 0.1) is 37.9 Å². The first-order valence-electron chi connectivity index (χ1n) is 12.8. The van der Waals surface area contributed by atoms with Crippen LogP contribution in [0.3, 0.4) is 0 Å². The van der Waals surface area contributed by atoms with Gasteiger partial charge in [0.15, 0.2) is 10.6 Å². The number of aromatic nitrogens is 1. The van der Waals surface area contributed by atoms with Gasteiger partial charge in [-0.3, -0.25) is 9.36 Å². The molecule has 0 amide bonds. The fourth-order valence-electron chi connectivity index (χ4n) is 4.57. The minimum Gasteiger partial charge on any atom is -0.486 e. The molecule has 0 fully saturated rings. The smallest absolute Gasteiger partial charge is 0.338 e. The van der Waals surface area contributed by atoms with Crippen LogP contribution < -0.4 is 19.6 Å². The topological polar surface area (TPSA) is 69.9 Å². The van der Waals surface area contributed by atoms with Crippen molar-refractivity contribution in [3.63, 3.8) is 0 Å². The number of allylic oxidation sites excluding steroid dienone is 1. The Bertz CT molecular complexity index is 1840. The van der Waals surface area contributed by atoms with Crippen LogP contribution in [0.2, 0.25) is 5.02 Å². The minimum atomic E-state index is -0.683. The Balaban J connectivity index is 1.56. The third-order valence-electron chi connectivity index (χ3n) is 6.56. The van der Waals surface area contributed by atoms with E-state index in [1.807, 2.05) is 31.2 Å². The van der Waals surface area contributed by atoms with Gasteiger partial charge in [0, 0.05) is 5.56 Å². The molecule has 6 nitrogen and oxygen atoms in total. The molecule has 1 aliphatic heterocycles. The Morgan fingerprint density at radius 3 is 2.59 bits per heavy atom. The van der Waals surface area contributed by atoms with Gasteiger partial charge in [0.25, 0.3) is 5.56 Å². The number of halogens is 3. The molecule has 5 rings (SSSR count). The number of thiazole rings is 1. The molecule has 0 saturated carbocycles. The molecule has 0 aliphatic carbocycles. The summed E-state index contributed by atoms with van der Waals surface area (Å²) >= 11 is 11.3. The zero-order valence-electron chi connectivity index (χ0n) is 22.4. The second-order valence-corrected chi connectivity index (χ2v) is 11.7. The van der Waals surface area contributed by atoms with Crippen LogP contribution in [0.5, 0.6) is 5.75 Å². The lowest BCUT2D eigenvalue weighted by Crippen LogP contribution is -2.39. The van der Waals surface area contributed by atoms with E-state index < -0.39 is 12.0 Å². The maximum absolute atomic E-state index is 14.0. The highest BCUT2D eigenvalue weighted by molar-refractivity contribution is 9.10. The molecule has 41 heavy (non-hydrogen) atoms. The van der Waals surface area contributed by atoms with Gasteiger partial charge in [-0.05, 0) is 72.1 Å². The van der Waals surface area contributed by atoms with Crippen molar-refractivity contribution in [2.75, 3.05) is 6.61 Å². The molecule has 0 unspecified atom stereocenters. The van der Waals surface area contributed by atoms with Crippen LogP contribution >= 0.6 is 38.9 Å².